The summed E-state index contributed by atoms with van der Waals surface area (Å²) in [5.74, 6) is 0. The highest BCUT2D eigenvalue weighted by Gasteiger charge is 2.24. The van der Waals surface area contributed by atoms with E-state index in [0.29, 0.717) is 17.1 Å². The van der Waals surface area contributed by atoms with Gasteiger partial charge in [0.05, 0.1) is 29.8 Å². The Morgan fingerprint density at radius 3 is 2.85 bits per heavy atom. The van der Waals surface area contributed by atoms with E-state index >= 15 is 0 Å². The van der Waals surface area contributed by atoms with Crippen LogP contribution in [0, 0.1) is 0 Å². The molecule has 4 heterocycles. The van der Waals surface area contributed by atoms with Crippen LogP contribution in [0.3, 0.4) is 0 Å². The molecule has 0 aromatic carbocycles. The molecule has 0 radical (unpaired) electrons. The number of morpholine rings is 1. The molecule has 136 valence electrons. The Morgan fingerprint density at radius 2 is 2.08 bits per heavy atom. The van der Waals surface area contributed by atoms with E-state index in [4.69, 9.17) is 16.3 Å². The standard InChI is InChI=1S/C18H20ClN5O2/c19-13-9-16-17(21-11-13)22-18(25)24(16)15(10-14-3-1-2-4-20-14)12-23-5-7-26-8-6-23/h1-4,9,11,15H,5-8,10,12H2,(H,21,22,25)/t15-/m1/s1. The highest BCUT2D eigenvalue weighted by atomic mass is 35.5. The summed E-state index contributed by atoms with van der Waals surface area (Å²) in [6.45, 7) is 3.93. The Labute approximate surface area is 156 Å². The van der Waals surface area contributed by atoms with Crippen LogP contribution in [0.2, 0.25) is 5.02 Å². The SMILES string of the molecule is Oc1nc2ncc(Cl)cc2n1[C@H](Cc1ccccn1)CN1CCOCC1. The van der Waals surface area contributed by atoms with Crippen molar-refractivity contribution in [2.45, 2.75) is 12.5 Å². The van der Waals surface area contributed by atoms with E-state index < -0.39 is 0 Å². The minimum Gasteiger partial charge on any atom is -0.480 e. The normalized spacial score (nSPS) is 16.8. The third kappa shape index (κ3) is 3.65. The van der Waals surface area contributed by atoms with E-state index in [9.17, 15) is 5.11 Å². The number of fused-ring (bicyclic) bond motifs is 1. The zero-order valence-electron chi connectivity index (χ0n) is 14.3. The summed E-state index contributed by atoms with van der Waals surface area (Å²) in [5, 5.41) is 11.0. The smallest absolute Gasteiger partial charge is 0.296 e. The minimum atomic E-state index is -0.0519. The summed E-state index contributed by atoms with van der Waals surface area (Å²) in [6, 6.07) is 7.55. The topological polar surface area (TPSA) is 76.3 Å². The fourth-order valence-corrected chi connectivity index (χ4v) is 3.53. The first-order valence-electron chi connectivity index (χ1n) is 8.63. The molecule has 3 aromatic heterocycles. The molecule has 1 fully saturated rings. The number of nitrogens with zero attached hydrogens (tertiary/aromatic N) is 5. The van der Waals surface area contributed by atoms with Crippen LogP contribution in [-0.2, 0) is 11.2 Å². The van der Waals surface area contributed by atoms with Gasteiger partial charge < -0.3 is 9.84 Å². The largest absolute Gasteiger partial charge is 0.480 e. The highest BCUT2D eigenvalue weighted by molar-refractivity contribution is 6.31. The highest BCUT2D eigenvalue weighted by Crippen LogP contribution is 2.28. The van der Waals surface area contributed by atoms with Crippen LogP contribution in [-0.4, -0.2) is 62.4 Å². The van der Waals surface area contributed by atoms with Gasteiger partial charge in [-0.25, -0.2) is 4.98 Å². The fourth-order valence-electron chi connectivity index (χ4n) is 3.38. The number of aromatic hydroxyl groups is 1. The lowest BCUT2D eigenvalue weighted by Gasteiger charge is -2.31. The number of pyridine rings is 2. The van der Waals surface area contributed by atoms with Gasteiger partial charge in [0.2, 0.25) is 0 Å². The van der Waals surface area contributed by atoms with E-state index in [2.05, 4.69) is 19.9 Å². The van der Waals surface area contributed by atoms with Gasteiger partial charge in [-0.15, -0.1) is 0 Å². The van der Waals surface area contributed by atoms with Crippen molar-refractivity contribution >= 4 is 22.8 Å². The number of hydrogen-bond donors (Lipinski definition) is 1. The quantitative estimate of drug-likeness (QED) is 0.739. The van der Waals surface area contributed by atoms with Crippen molar-refractivity contribution in [2.24, 2.45) is 0 Å². The molecule has 0 aliphatic carbocycles. The van der Waals surface area contributed by atoms with E-state index in [-0.39, 0.29) is 12.1 Å². The first-order chi connectivity index (χ1) is 12.7. The van der Waals surface area contributed by atoms with Crippen LogP contribution in [0.5, 0.6) is 6.01 Å². The van der Waals surface area contributed by atoms with Gasteiger partial charge in [0.25, 0.3) is 6.01 Å². The molecule has 1 N–H and O–H groups in total. The molecule has 0 amide bonds. The number of hydrogen-bond acceptors (Lipinski definition) is 6. The number of rotatable bonds is 5. The molecule has 1 atom stereocenters. The lowest BCUT2D eigenvalue weighted by molar-refractivity contribution is 0.0312. The predicted molar refractivity (Wildman–Crippen MR) is 98.4 cm³/mol. The van der Waals surface area contributed by atoms with Crippen LogP contribution in [0.1, 0.15) is 11.7 Å². The van der Waals surface area contributed by atoms with Crippen molar-refractivity contribution in [3.05, 3.63) is 47.4 Å². The van der Waals surface area contributed by atoms with E-state index in [1.807, 2.05) is 22.8 Å². The molecule has 0 bridgehead atoms. The van der Waals surface area contributed by atoms with Crippen molar-refractivity contribution in [3.63, 3.8) is 0 Å². The summed E-state index contributed by atoms with van der Waals surface area (Å²) in [4.78, 5) is 15.2. The van der Waals surface area contributed by atoms with Crippen molar-refractivity contribution < 1.29 is 9.84 Å². The average Bonchev–Trinajstić information content (AvgIpc) is 2.98. The van der Waals surface area contributed by atoms with Crippen molar-refractivity contribution in [1.82, 2.24) is 24.4 Å². The van der Waals surface area contributed by atoms with Crippen LogP contribution in [0.25, 0.3) is 11.2 Å². The third-order valence-electron chi connectivity index (χ3n) is 4.60. The Kier molecular flexibility index (Phi) is 5.01. The molecule has 7 nitrogen and oxygen atoms in total. The molecule has 0 spiro atoms. The second kappa shape index (κ2) is 7.57. The minimum absolute atomic E-state index is 0.0479. The van der Waals surface area contributed by atoms with Gasteiger partial charge in [-0.05, 0) is 18.2 Å². The average molecular weight is 374 g/mol. The monoisotopic (exact) mass is 373 g/mol. The zero-order chi connectivity index (χ0) is 17.9. The first kappa shape index (κ1) is 17.2. The summed E-state index contributed by atoms with van der Waals surface area (Å²) in [5.41, 5.74) is 2.17. The number of halogens is 1. The molecular weight excluding hydrogens is 354 g/mol. The lowest BCUT2D eigenvalue weighted by Crippen LogP contribution is -2.40. The van der Waals surface area contributed by atoms with E-state index in [1.54, 1.807) is 12.3 Å². The van der Waals surface area contributed by atoms with Crippen molar-refractivity contribution in [2.75, 3.05) is 32.8 Å². The molecule has 0 saturated carbocycles. The Bertz CT molecular complexity index is 880. The van der Waals surface area contributed by atoms with Crippen LogP contribution in [0.4, 0.5) is 0 Å². The second-order valence-electron chi connectivity index (χ2n) is 6.37. The van der Waals surface area contributed by atoms with Gasteiger partial charge in [-0.1, -0.05) is 17.7 Å². The van der Waals surface area contributed by atoms with Crippen LogP contribution < -0.4 is 0 Å². The molecule has 1 aliphatic heterocycles. The molecule has 26 heavy (non-hydrogen) atoms. The molecule has 1 saturated heterocycles. The summed E-state index contributed by atoms with van der Waals surface area (Å²) < 4.78 is 7.27. The summed E-state index contributed by atoms with van der Waals surface area (Å²) >= 11 is 6.13. The zero-order valence-corrected chi connectivity index (χ0v) is 15.0. The van der Waals surface area contributed by atoms with Gasteiger partial charge in [0, 0.05) is 44.1 Å². The van der Waals surface area contributed by atoms with Gasteiger partial charge in [-0.2, -0.15) is 4.98 Å². The predicted octanol–water partition coefficient (Wildman–Crippen LogP) is 2.30. The summed E-state index contributed by atoms with van der Waals surface area (Å²) in [7, 11) is 0. The van der Waals surface area contributed by atoms with Gasteiger partial charge in [0.1, 0.15) is 0 Å². The molecule has 8 heteroatoms. The van der Waals surface area contributed by atoms with Gasteiger partial charge >= 0.3 is 0 Å². The molecule has 3 aromatic rings. The third-order valence-corrected chi connectivity index (χ3v) is 4.81. The Balaban J connectivity index is 1.71. The molecule has 1 aliphatic rings. The molecule has 4 rings (SSSR count). The van der Waals surface area contributed by atoms with Crippen molar-refractivity contribution in [1.29, 1.82) is 0 Å². The maximum atomic E-state index is 10.5. The fraction of sp³-hybridized carbons (Fsp3) is 0.389. The van der Waals surface area contributed by atoms with Crippen molar-refractivity contribution in [3.8, 4) is 6.01 Å². The summed E-state index contributed by atoms with van der Waals surface area (Å²) in [6.07, 6.45) is 3.99. The van der Waals surface area contributed by atoms with E-state index in [1.165, 1.54) is 6.20 Å². The second-order valence-corrected chi connectivity index (χ2v) is 6.81. The lowest BCUT2D eigenvalue weighted by atomic mass is 10.1. The molecular formula is C18H20ClN5O2. The van der Waals surface area contributed by atoms with Gasteiger partial charge in [-0.3, -0.25) is 14.5 Å². The Morgan fingerprint density at radius 1 is 1.23 bits per heavy atom. The molecule has 0 unspecified atom stereocenters. The first-order valence-corrected chi connectivity index (χ1v) is 9.01. The maximum absolute atomic E-state index is 10.5. The maximum Gasteiger partial charge on any atom is 0.296 e. The van der Waals surface area contributed by atoms with Crippen LogP contribution >= 0.6 is 11.6 Å². The number of aromatic nitrogens is 4. The Hall–Kier alpha value is -2.22. The van der Waals surface area contributed by atoms with Gasteiger partial charge in [0.15, 0.2) is 5.65 Å². The van der Waals surface area contributed by atoms with Crippen LogP contribution in [0.15, 0.2) is 36.7 Å². The number of imidazole rings is 1. The van der Waals surface area contributed by atoms with E-state index in [0.717, 1.165) is 44.1 Å². The number of ether oxygens (including phenoxy) is 1.